The average molecular weight is 393 g/mol. The first-order valence-corrected chi connectivity index (χ1v) is 10.1. The first-order chi connectivity index (χ1) is 12.9. The summed E-state index contributed by atoms with van der Waals surface area (Å²) in [6.45, 7) is 4.87. The van der Waals surface area contributed by atoms with E-state index in [1.807, 2.05) is 13.8 Å². The highest BCUT2D eigenvalue weighted by molar-refractivity contribution is 7.92. The highest BCUT2D eigenvalue weighted by atomic mass is 32.2. The van der Waals surface area contributed by atoms with Crippen LogP contribution in [-0.2, 0) is 10.0 Å². The Morgan fingerprint density at radius 2 is 1.56 bits per heavy atom. The Balaban J connectivity index is 2.26. The molecule has 7 nitrogen and oxygen atoms in total. The molecule has 0 amide bonds. The van der Waals surface area contributed by atoms with Gasteiger partial charge >= 0.3 is 5.97 Å². The fourth-order valence-corrected chi connectivity index (χ4v) is 3.28. The second kappa shape index (κ2) is 9.27. The van der Waals surface area contributed by atoms with Gasteiger partial charge < -0.3 is 14.6 Å². The second-order valence-electron chi connectivity index (χ2n) is 5.79. The van der Waals surface area contributed by atoms with Crippen LogP contribution in [0.2, 0.25) is 0 Å². The zero-order valence-electron chi connectivity index (χ0n) is 15.3. The molecular formula is C19H23NO6S. The summed E-state index contributed by atoms with van der Waals surface area (Å²) >= 11 is 0. The van der Waals surface area contributed by atoms with Crippen LogP contribution < -0.4 is 14.2 Å². The number of hydrogen-bond acceptors (Lipinski definition) is 5. The summed E-state index contributed by atoms with van der Waals surface area (Å²) in [7, 11) is -3.86. The summed E-state index contributed by atoms with van der Waals surface area (Å²) in [5.41, 5.74) is 0.341. The molecule has 0 aliphatic heterocycles. The molecular weight excluding hydrogens is 370 g/mol. The number of carboxylic acids is 1. The van der Waals surface area contributed by atoms with Gasteiger partial charge in [0.1, 0.15) is 0 Å². The molecule has 0 fully saturated rings. The van der Waals surface area contributed by atoms with E-state index in [0.717, 1.165) is 12.8 Å². The van der Waals surface area contributed by atoms with Crippen molar-refractivity contribution in [3.8, 4) is 11.5 Å². The van der Waals surface area contributed by atoms with Crippen molar-refractivity contribution in [1.82, 2.24) is 0 Å². The van der Waals surface area contributed by atoms with Crippen LogP contribution in [-0.4, -0.2) is 32.7 Å². The summed E-state index contributed by atoms with van der Waals surface area (Å²) in [6, 6.07) is 9.90. The van der Waals surface area contributed by atoms with Gasteiger partial charge in [0, 0.05) is 11.8 Å². The molecule has 0 aliphatic carbocycles. The molecule has 0 spiro atoms. The van der Waals surface area contributed by atoms with E-state index in [1.165, 1.54) is 36.4 Å². The van der Waals surface area contributed by atoms with E-state index < -0.39 is 16.0 Å². The van der Waals surface area contributed by atoms with Gasteiger partial charge in [-0.15, -0.1) is 0 Å². The lowest BCUT2D eigenvalue weighted by molar-refractivity contribution is 0.0697. The van der Waals surface area contributed by atoms with E-state index in [0.29, 0.717) is 24.7 Å². The molecule has 0 bridgehead atoms. The third-order valence-corrected chi connectivity index (χ3v) is 4.91. The van der Waals surface area contributed by atoms with Crippen LogP contribution in [0.1, 0.15) is 37.0 Å². The predicted molar refractivity (Wildman–Crippen MR) is 102 cm³/mol. The Bertz CT molecular complexity index is 878. The molecule has 8 heteroatoms. The quantitative estimate of drug-likeness (QED) is 0.637. The number of ether oxygens (including phenoxy) is 2. The molecule has 0 radical (unpaired) electrons. The maximum atomic E-state index is 12.6. The summed E-state index contributed by atoms with van der Waals surface area (Å²) in [6.07, 6.45) is 1.60. The summed E-state index contributed by atoms with van der Waals surface area (Å²) in [5, 5.41) is 8.91. The molecule has 2 aromatic carbocycles. The number of anilines is 1. The fraction of sp³-hybridized carbons (Fsp3) is 0.316. The predicted octanol–water partition coefficient (Wildman–Crippen LogP) is 3.76. The lowest BCUT2D eigenvalue weighted by Crippen LogP contribution is -2.13. The molecule has 0 aromatic heterocycles. The third kappa shape index (κ3) is 5.62. The molecule has 0 unspecified atom stereocenters. The van der Waals surface area contributed by atoms with Crippen LogP contribution >= 0.6 is 0 Å². The molecule has 0 saturated heterocycles. The van der Waals surface area contributed by atoms with Crippen molar-refractivity contribution < 1.29 is 27.8 Å². The van der Waals surface area contributed by atoms with Crippen molar-refractivity contribution in [2.75, 3.05) is 17.9 Å². The highest BCUT2D eigenvalue weighted by Gasteiger charge is 2.18. The van der Waals surface area contributed by atoms with Gasteiger partial charge in [-0.25, -0.2) is 13.2 Å². The standard InChI is InChI=1S/C19H23NO6S/c1-3-11-25-17-10-9-16(13-18(17)26-12-4-2)27(23,24)20-15-7-5-14(6-8-15)19(21)22/h5-10,13,20H,3-4,11-12H2,1-2H3,(H,21,22). The number of aromatic carboxylic acids is 1. The molecule has 0 aliphatic rings. The van der Waals surface area contributed by atoms with E-state index >= 15 is 0 Å². The highest BCUT2D eigenvalue weighted by Crippen LogP contribution is 2.31. The minimum atomic E-state index is -3.86. The van der Waals surface area contributed by atoms with Gasteiger partial charge in [0.2, 0.25) is 0 Å². The number of rotatable bonds is 10. The van der Waals surface area contributed by atoms with Crippen LogP contribution in [0.5, 0.6) is 11.5 Å². The average Bonchev–Trinajstić information content (AvgIpc) is 2.65. The van der Waals surface area contributed by atoms with Crippen LogP contribution in [0.4, 0.5) is 5.69 Å². The first kappa shape index (κ1) is 20.6. The Labute approximate surface area is 159 Å². The largest absolute Gasteiger partial charge is 0.490 e. The van der Waals surface area contributed by atoms with Crippen LogP contribution in [0.25, 0.3) is 0 Å². The third-order valence-electron chi connectivity index (χ3n) is 3.53. The van der Waals surface area contributed by atoms with E-state index in [4.69, 9.17) is 14.6 Å². The molecule has 146 valence electrons. The molecule has 2 N–H and O–H groups in total. The van der Waals surface area contributed by atoms with E-state index in [1.54, 1.807) is 6.07 Å². The van der Waals surface area contributed by atoms with Crippen molar-refractivity contribution in [2.24, 2.45) is 0 Å². The zero-order chi connectivity index (χ0) is 19.9. The smallest absolute Gasteiger partial charge is 0.335 e. The zero-order valence-corrected chi connectivity index (χ0v) is 16.1. The van der Waals surface area contributed by atoms with Crippen LogP contribution in [0.3, 0.4) is 0 Å². The van der Waals surface area contributed by atoms with Crippen molar-refractivity contribution in [3.05, 3.63) is 48.0 Å². The van der Waals surface area contributed by atoms with Crippen LogP contribution in [0, 0.1) is 0 Å². The van der Waals surface area contributed by atoms with E-state index in [9.17, 15) is 13.2 Å². The Kier molecular flexibility index (Phi) is 7.06. The molecule has 27 heavy (non-hydrogen) atoms. The maximum absolute atomic E-state index is 12.6. The normalized spacial score (nSPS) is 11.0. The van der Waals surface area contributed by atoms with Crippen molar-refractivity contribution in [3.63, 3.8) is 0 Å². The molecule has 0 atom stereocenters. The van der Waals surface area contributed by atoms with Gasteiger partial charge in [-0.05, 0) is 49.2 Å². The topological polar surface area (TPSA) is 102 Å². The van der Waals surface area contributed by atoms with Crippen LogP contribution in [0.15, 0.2) is 47.4 Å². The molecule has 2 rings (SSSR count). The Hall–Kier alpha value is -2.74. The Morgan fingerprint density at radius 3 is 2.11 bits per heavy atom. The van der Waals surface area contributed by atoms with E-state index in [2.05, 4.69) is 4.72 Å². The number of carboxylic acid groups (broad SMARTS) is 1. The van der Waals surface area contributed by atoms with E-state index in [-0.39, 0.29) is 16.1 Å². The number of sulfonamides is 1. The molecule has 0 saturated carbocycles. The van der Waals surface area contributed by atoms with Crippen molar-refractivity contribution in [2.45, 2.75) is 31.6 Å². The lowest BCUT2D eigenvalue weighted by Gasteiger charge is -2.14. The second-order valence-corrected chi connectivity index (χ2v) is 7.48. The van der Waals surface area contributed by atoms with Crippen molar-refractivity contribution >= 4 is 21.7 Å². The monoisotopic (exact) mass is 393 g/mol. The van der Waals surface area contributed by atoms with Gasteiger partial charge in [0.15, 0.2) is 11.5 Å². The summed E-state index contributed by atoms with van der Waals surface area (Å²) in [4.78, 5) is 10.9. The van der Waals surface area contributed by atoms with Gasteiger partial charge in [-0.2, -0.15) is 0 Å². The minimum absolute atomic E-state index is 0.0276. The number of nitrogens with one attached hydrogen (secondary N) is 1. The Morgan fingerprint density at radius 1 is 0.963 bits per heavy atom. The maximum Gasteiger partial charge on any atom is 0.335 e. The number of hydrogen-bond donors (Lipinski definition) is 2. The number of benzene rings is 2. The fourth-order valence-electron chi connectivity index (χ4n) is 2.21. The lowest BCUT2D eigenvalue weighted by atomic mass is 10.2. The minimum Gasteiger partial charge on any atom is -0.490 e. The van der Waals surface area contributed by atoms with Gasteiger partial charge in [-0.1, -0.05) is 13.8 Å². The van der Waals surface area contributed by atoms with Gasteiger partial charge in [-0.3, -0.25) is 4.72 Å². The summed E-state index contributed by atoms with van der Waals surface area (Å²) < 4.78 is 39.0. The van der Waals surface area contributed by atoms with Gasteiger partial charge in [0.05, 0.1) is 23.7 Å². The molecule has 2 aromatic rings. The SMILES string of the molecule is CCCOc1ccc(S(=O)(=O)Nc2ccc(C(=O)O)cc2)cc1OCCC. The van der Waals surface area contributed by atoms with Gasteiger partial charge in [0.25, 0.3) is 10.0 Å². The first-order valence-electron chi connectivity index (χ1n) is 8.63. The molecule has 0 heterocycles. The number of carbonyl (C=O) groups is 1. The van der Waals surface area contributed by atoms with Crippen molar-refractivity contribution in [1.29, 1.82) is 0 Å². The summed E-state index contributed by atoms with van der Waals surface area (Å²) in [5.74, 6) is -0.214.